The van der Waals surface area contributed by atoms with E-state index in [1.54, 1.807) is 12.4 Å². The molecule has 1 aliphatic heterocycles. The van der Waals surface area contributed by atoms with Gasteiger partial charge in [-0.05, 0) is 49.3 Å². The fourth-order valence-electron chi connectivity index (χ4n) is 2.63. The van der Waals surface area contributed by atoms with Gasteiger partial charge < -0.3 is 9.33 Å². The van der Waals surface area contributed by atoms with Crippen LogP contribution >= 0.6 is 12.2 Å². The van der Waals surface area contributed by atoms with Crippen LogP contribution in [0.3, 0.4) is 0 Å². The summed E-state index contributed by atoms with van der Waals surface area (Å²) >= 11 is 4.75. The van der Waals surface area contributed by atoms with E-state index in [-0.39, 0.29) is 11.1 Å². The van der Waals surface area contributed by atoms with Gasteiger partial charge in [0, 0.05) is 19.3 Å². The molecule has 0 radical (unpaired) electrons. The fraction of sp³-hybridized carbons (Fsp3) is 0.647. The van der Waals surface area contributed by atoms with Gasteiger partial charge in [-0.1, -0.05) is 20.8 Å². The number of nitrogens with zero attached hydrogens (tertiary/aromatic N) is 3. The van der Waals surface area contributed by atoms with Crippen molar-refractivity contribution in [3.05, 3.63) is 18.5 Å². The fourth-order valence-corrected chi connectivity index (χ4v) is 4.11. The summed E-state index contributed by atoms with van der Waals surface area (Å²) in [6, 6.07) is 2.00. The van der Waals surface area contributed by atoms with Crippen LogP contribution < -0.4 is 4.90 Å². The Morgan fingerprint density at radius 2 is 2.17 bits per heavy atom. The molecule has 126 valence electrons. The Hall–Kier alpha value is -1.07. The molecule has 4 nitrogen and oxygen atoms in total. The average Bonchev–Trinajstić information content (AvgIpc) is 2.47. The summed E-state index contributed by atoms with van der Waals surface area (Å²) in [5, 5.41) is 2.68. The maximum atomic E-state index is 6.61. The summed E-state index contributed by atoms with van der Waals surface area (Å²) in [5.74, 6) is 0. The van der Waals surface area contributed by atoms with Crippen molar-refractivity contribution in [1.82, 2.24) is 4.98 Å². The lowest BCUT2D eigenvalue weighted by Crippen LogP contribution is -2.49. The van der Waals surface area contributed by atoms with Gasteiger partial charge in [-0.2, -0.15) is 4.99 Å². The molecule has 2 heterocycles. The molecule has 0 amide bonds. The number of piperidine rings is 1. The Bertz CT molecular complexity index is 594. The normalized spacial score (nSPS) is 19.3. The molecule has 1 fully saturated rings. The number of aromatic nitrogens is 1. The van der Waals surface area contributed by atoms with Gasteiger partial charge in [-0.3, -0.25) is 4.98 Å². The van der Waals surface area contributed by atoms with Crippen LogP contribution in [0, 0.1) is 0 Å². The Morgan fingerprint density at radius 3 is 2.83 bits per heavy atom. The lowest BCUT2D eigenvalue weighted by Gasteiger charge is -2.43. The number of rotatable bonds is 4. The summed E-state index contributed by atoms with van der Waals surface area (Å²) < 4.78 is 6.61. The molecule has 23 heavy (non-hydrogen) atoms. The van der Waals surface area contributed by atoms with E-state index in [2.05, 4.69) is 53.9 Å². The summed E-state index contributed by atoms with van der Waals surface area (Å²) in [4.78, 5) is 10.6. The highest BCUT2D eigenvalue weighted by atomic mass is 32.1. The quantitative estimate of drug-likeness (QED) is 0.444. The SMILES string of the molecule is CC(C)(C)[Si](C)(C)O[C@H]1CCCN(c2ccncc2N=C=S)C1. The highest BCUT2D eigenvalue weighted by molar-refractivity contribution is 7.78. The van der Waals surface area contributed by atoms with Crippen LogP contribution in [0.15, 0.2) is 23.5 Å². The lowest BCUT2D eigenvalue weighted by atomic mass is 10.1. The van der Waals surface area contributed by atoms with Crippen molar-refractivity contribution < 1.29 is 4.43 Å². The van der Waals surface area contributed by atoms with Gasteiger partial charge in [-0.25, -0.2) is 0 Å². The Balaban J connectivity index is 2.14. The predicted molar refractivity (Wildman–Crippen MR) is 102 cm³/mol. The average molecular weight is 350 g/mol. The van der Waals surface area contributed by atoms with Gasteiger partial charge in [-0.15, -0.1) is 0 Å². The molecule has 1 atom stereocenters. The van der Waals surface area contributed by atoms with Crippen molar-refractivity contribution in [3.63, 3.8) is 0 Å². The largest absolute Gasteiger partial charge is 0.412 e. The van der Waals surface area contributed by atoms with E-state index in [0.29, 0.717) is 0 Å². The standard InChI is InChI=1S/C17H27N3OSSi/c1-17(2,3)23(4,5)21-14-7-6-10-20(12-14)16-8-9-18-11-15(16)19-13-22/h8-9,11,14H,6-7,10,12H2,1-5H3/t14-/m0/s1. The summed E-state index contributed by atoms with van der Waals surface area (Å²) in [5.41, 5.74) is 1.86. The highest BCUT2D eigenvalue weighted by Crippen LogP contribution is 2.39. The van der Waals surface area contributed by atoms with Crippen molar-refractivity contribution in [2.75, 3.05) is 18.0 Å². The number of pyridine rings is 1. The predicted octanol–water partition coefficient (Wildman–Crippen LogP) is 4.81. The van der Waals surface area contributed by atoms with E-state index in [9.17, 15) is 0 Å². The third kappa shape index (κ3) is 4.48. The minimum absolute atomic E-state index is 0.235. The van der Waals surface area contributed by atoms with E-state index in [4.69, 9.17) is 16.6 Å². The van der Waals surface area contributed by atoms with Crippen LogP contribution in [0.5, 0.6) is 0 Å². The van der Waals surface area contributed by atoms with Gasteiger partial charge in [0.15, 0.2) is 8.32 Å². The molecule has 1 aliphatic rings. The summed E-state index contributed by atoms with van der Waals surface area (Å²) in [7, 11) is -1.74. The van der Waals surface area contributed by atoms with Crippen molar-refractivity contribution in [2.45, 2.75) is 57.8 Å². The molecular weight excluding hydrogens is 322 g/mol. The zero-order valence-corrected chi connectivity index (χ0v) is 16.6. The van der Waals surface area contributed by atoms with Crippen LogP contribution in [-0.4, -0.2) is 37.7 Å². The van der Waals surface area contributed by atoms with Crippen LogP contribution in [-0.2, 0) is 4.43 Å². The highest BCUT2D eigenvalue weighted by Gasteiger charge is 2.40. The minimum atomic E-state index is -1.74. The van der Waals surface area contributed by atoms with Crippen molar-refractivity contribution in [3.8, 4) is 0 Å². The second-order valence-electron chi connectivity index (χ2n) is 7.66. The molecule has 1 aromatic rings. The molecule has 0 N–H and O–H groups in total. The number of aliphatic imine (C=N–C) groups is 1. The topological polar surface area (TPSA) is 37.7 Å². The first kappa shape index (κ1) is 18.3. The molecular formula is C17H27N3OSSi. The number of isothiocyanates is 1. The molecule has 0 bridgehead atoms. The van der Waals surface area contributed by atoms with E-state index < -0.39 is 8.32 Å². The molecule has 1 saturated heterocycles. The van der Waals surface area contributed by atoms with Gasteiger partial charge in [0.25, 0.3) is 0 Å². The van der Waals surface area contributed by atoms with Gasteiger partial charge in [0.2, 0.25) is 0 Å². The zero-order chi connectivity index (χ0) is 17.1. The van der Waals surface area contributed by atoms with Gasteiger partial charge >= 0.3 is 0 Å². The molecule has 1 aromatic heterocycles. The Labute approximate surface area is 146 Å². The number of anilines is 1. The maximum Gasteiger partial charge on any atom is 0.192 e. The van der Waals surface area contributed by atoms with Crippen molar-refractivity contribution in [1.29, 1.82) is 0 Å². The smallest absolute Gasteiger partial charge is 0.192 e. The molecule has 0 spiro atoms. The number of thiocarbonyl (C=S) groups is 1. The van der Waals surface area contributed by atoms with Crippen molar-refractivity contribution >= 4 is 37.1 Å². The zero-order valence-electron chi connectivity index (χ0n) is 14.8. The van der Waals surface area contributed by atoms with Crippen LogP contribution in [0.4, 0.5) is 11.4 Å². The molecule has 0 saturated carbocycles. The van der Waals surface area contributed by atoms with E-state index in [1.165, 1.54) is 0 Å². The third-order valence-corrected chi connectivity index (χ3v) is 9.56. The molecule has 0 aliphatic carbocycles. The lowest BCUT2D eigenvalue weighted by molar-refractivity contribution is 0.160. The van der Waals surface area contributed by atoms with E-state index in [1.807, 2.05) is 6.07 Å². The van der Waals surface area contributed by atoms with E-state index in [0.717, 1.165) is 37.3 Å². The first-order chi connectivity index (χ1) is 10.7. The Kier molecular flexibility index (Phi) is 5.73. The second kappa shape index (κ2) is 7.22. The summed E-state index contributed by atoms with van der Waals surface area (Å²) in [6.45, 7) is 13.4. The molecule has 6 heteroatoms. The first-order valence-electron chi connectivity index (χ1n) is 8.19. The second-order valence-corrected chi connectivity index (χ2v) is 12.6. The third-order valence-electron chi connectivity index (χ3n) is 4.93. The van der Waals surface area contributed by atoms with Crippen LogP contribution in [0.2, 0.25) is 18.1 Å². The molecule has 2 rings (SSSR count). The maximum absolute atomic E-state index is 6.61. The first-order valence-corrected chi connectivity index (χ1v) is 11.5. The van der Waals surface area contributed by atoms with Gasteiger partial charge in [0.1, 0.15) is 5.69 Å². The molecule has 0 aromatic carbocycles. The minimum Gasteiger partial charge on any atom is -0.412 e. The van der Waals surface area contributed by atoms with Gasteiger partial charge in [0.05, 0.1) is 23.1 Å². The van der Waals surface area contributed by atoms with Crippen LogP contribution in [0.25, 0.3) is 0 Å². The number of hydrogen-bond donors (Lipinski definition) is 0. The van der Waals surface area contributed by atoms with E-state index >= 15 is 0 Å². The monoisotopic (exact) mass is 349 g/mol. The Morgan fingerprint density at radius 1 is 1.43 bits per heavy atom. The molecule has 0 unspecified atom stereocenters. The summed E-state index contributed by atoms with van der Waals surface area (Å²) in [6.07, 6.45) is 6.08. The van der Waals surface area contributed by atoms with Crippen molar-refractivity contribution in [2.24, 2.45) is 4.99 Å². The van der Waals surface area contributed by atoms with Crippen LogP contribution in [0.1, 0.15) is 33.6 Å². The number of hydrogen-bond acceptors (Lipinski definition) is 5.